The Balaban J connectivity index is 1.54. The maximum Gasteiger partial charge on any atom is 0.258 e. The summed E-state index contributed by atoms with van der Waals surface area (Å²) in [7, 11) is 0. The van der Waals surface area contributed by atoms with Gasteiger partial charge in [-0.25, -0.2) is 14.4 Å². The van der Waals surface area contributed by atoms with Crippen molar-refractivity contribution < 1.29 is 18.7 Å². The Morgan fingerprint density at radius 1 is 1.19 bits per heavy atom. The normalized spacial score (nSPS) is 14.1. The highest BCUT2D eigenvalue weighted by Gasteiger charge is 2.32. The van der Waals surface area contributed by atoms with Gasteiger partial charge in [0.2, 0.25) is 11.2 Å². The molecule has 0 unspecified atom stereocenters. The zero-order valence-electron chi connectivity index (χ0n) is 16.8. The van der Waals surface area contributed by atoms with E-state index in [4.69, 9.17) is 27.5 Å². The highest BCUT2D eigenvalue weighted by atomic mass is 35.5. The van der Waals surface area contributed by atoms with Crippen molar-refractivity contribution in [3.8, 4) is 35.4 Å². The highest BCUT2D eigenvalue weighted by molar-refractivity contribution is 6.28. The zero-order chi connectivity index (χ0) is 22.2. The molecule has 0 saturated heterocycles. The lowest BCUT2D eigenvalue weighted by molar-refractivity contribution is 0.0945. The van der Waals surface area contributed by atoms with Crippen molar-refractivity contribution >= 4 is 17.5 Å². The van der Waals surface area contributed by atoms with Crippen molar-refractivity contribution in [3.63, 3.8) is 0 Å². The average molecular weight is 454 g/mol. The van der Waals surface area contributed by atoms with Crippen molar-refractivity contribution in [3.05, 3.63) is 51.4 Å². The summed E-state index contributed by atoms with van der Waals surface area (Å²) in [6.45, 7) is 0.692. The van der Waals surface area contributed by atoms with Crippen LogP contribution in [0.4, 0.5) is 4.39 Å². The zero-order valence-corrected chi connectivity index (χ0v) is 17.6. The van der Waals surface area contributed by atoms with Crippen molar-refractivity contribution in [2.45, 2.75) is 25.9 Å². The van der Waals surface area contributed by atoms with Gasteiger partial charge in [-0.15, -0.1) is 6.42 Å². The van der Waals surface area contributed by atoms with Gasteiger partial charge in [0.15, 0.2) is 5.82 Å². The SMILES string of the molecule is C#CCOCc1cnc(Cl)nc1Oc1ncc2c(c1F)-c1[nH]c3c(c1CC2)C(=O)NCC3. The third kappa shape index (κ3) is 3.47. The van der Waals surface area contributed by atoms with Gasteiger partial charge in [0.25, 0.3) is 11.8 Å². The topological polar surface area (TPSA) is 102 Å². The van der Waals surface area contributed by atoms with Crippen LogP contribution < -0.4 is 10.1 Å². The maximum absolute atomic E-state index is 15.7. The minimum absolute atomic E-state index is 0.0227. The number of aryl methyl sites for hydroxylation is 1. The lowest BCUT2D eigenvalue weighted by Crippen LogP contribution is -2.32. The van der Waals surface area contributed by atoms with Crippen molar-refractivity contribution in [1.82, 2.24) is 25.3 Å². The molecule has 8 nitrogen and oxygen atoms in total. The fraction of sp³-hybridized carbons (Fsp3) is 0.273. The number of pyridine rings is 1. The van der Waals surface area contributed by atoms with Gasteiger partial charge >= 0.3 is 0 Å². The summed E-state index contributed by atoms with van der Waals surface area (Å²) in [5, 5.41) is 2.78. The first-order valence-electron chi connectivity index (χ1n) is 9.97. The number of ether oxygens (including phenoxy) is 2. The van der Waals surface area contributed by atoms with Gasteiger partial charge in [-0.2, -0.15) is 4.98 Å². The summed E-state index contributed by atoms with van der Waals surface area (Å²) in [6, 6.07) is 0. The van der Waals surface area contributed by atoms with Gasteiger partial charge < -0.3 is 19.8 Å². The molecule has 0 saturated carbocycles. The second-order valence-corrected chi connectivity index (χ2v) is 7.72. The van der Waals surface area contributed by atoms with Gasteiger partial charge in [-0.05, 0) is 35.6 Å². The molecule has 1 amide bonds. The van der Waals surface area contributed by atoms with Gasteiger partial charge in [0.1, 0.15) is 6.61 Å². The van der Waals surface area contributed by atoms with Gasteiger partial charge in [0, 0.05) is 36.6 Å². The summed E-state index contributed by atoms with van der Waals surface area (Å²) >= 11 is 5.91. The smallest absolute Gasteiger partial charge is 0.258 e. The predicted octanol–water partition coefficient (Wildman–Crippen LogP) is 2.99. The van der Waals surface area contributed by atoms with Crippen molar-refractivity contribution in [2.75, 3.05) is 13.2 Å². The first-order chi connectivity index (χ1) is 15.6. The first-order valence-corrected chi connectivity index (χ1v) is 10.3. The molecule has 5 rings (SSSR count). The Kier molecular flexibility index (Phi) is 5.25. The molecular formula is C22H17ClFN5O3. The third-order valence-electron chi connectivity index (χ3n) is 5.46. The Morgan fingerprint density at radius 2 is 2.06 bits per heavy atom. The molecule has 10 heteroatoms. The van der Waals surface area contributed by atoms with Crippen LogP contribution in [0.5, 0.6) is 11.8 Å². The number of hydrogen-bond acceptors (Lipinski definition) is 6. The van der Waals surface area contributed by atoms with Crippen LogP contribution in [0, 0.1) is 18.2 Å². The van der Waals surface area contributed by atoms with E-state index in [-0.39, 0.29) is 36.2 Å². The number of aromatic amines is 1. The highest BCUT2D eigenvalue weighted by Crippen LogP contribution is 2.41. The van der Waals surface area contributed by atoms with E-state index in [2.05, 4.69) is 31.2 Å². The standard InChI is InChI=1S/C22H17ClFN5O3/c1-2-7-31-10-12-9-27-22(23)29-20(12)32-21-17(24)15-11(8-26-21)3-4-13-16-14(28-18(13)15)5-6-25-19(16)30/h1,8-9,28H,3-7,10H2,(H,25,30). The van der Waals surface area contributed by atoms with Crippen LogP contribution in [0.15, 0.2) is 12.4 Å². The number of rotatable bonds is 5. The molecule has 2 N–H and O–H groups in total. The van der Waals surface area contributed by atoms with Crippen LogP contribution in [0.1, 0.15) is 32.7 Å². The van der Waals surface area contributed by atoms with E-state index in [1.807, 2.05) is 0 Å². The van der Waals surface area contributed by atoms with Crippen LogP contribution in [0.25, 0.3) is 11.3 Å². The number of nitrogens with one attached hydrogen (secondary N) is 2. The number of carbonyl (C=O) groups is 1. The lowest BCUT2D eigenvalue weighted by Gasteiger charge is -2.19. The van der Waals surface area contributed by atoms with E-state index in [0.29, 0.717) is 48.2 Å². The number of hydrogen-bond donors (Lipinski definition) is 2. The van der Waals surface area contributed by atoms with Gasteiger partial charge in [-0.1, -0.05) is 5.92 Å². The Bertz CT molecular complexity index is 1280. The number of carbonyl (C=O) groups excluding carboxylic acids is 1. The van der Waals surface area contributed by atoms with Gasteiger partial charge in [0.05, 0.1) is 23.4 Å². The Labute approximate surface area is 187 Å². The molecule has 1 aliphatic heterocycles. The number of H-pyrrole nitrogens is 1. The van der Waals surface area contributed by atoms with E-state index in [9.17, 15) is 4.79 Å². The average Bonchev–Trinajstić information content (AvgIpc) is 3.17. The van der Waals surface area contributed by atoms with Gasteiger partial charge in [-0.3, -0.25) is 4.79 Å². The fourth-order valence-corrected chi connectivity index (χ4v) is 4.20. The molecule has 3 aromatic heterocycles. The molecule has 0 aromatic carbocycles. The maximum atomic E-state index is 15.7. The minimum Gasteiger partial charge on any atom is -0.417 e. The predicted molar refractivity (Wildman–Crippen MR) is 113 cm³/mol. The largest absolute Gasteiger partial charge is 0.417 e. The number of nitrogens with zero attached hydrogens (tertiary/aromatic N) is 3. The lowest BCUT2D eigenvalue weighted by atomic mass is 9.88. The molecule has 0 atom stereocenters. The Morgan fingerprint density at radius 3 is 2.91 bits per heavy atom. The quantitative estimate of drug-likeness (QED) is 0.350. The molecule has 0 bridgehead atoms. The monoisotopic (exact) mass is 453 g/mol. The molecule has 4 heterocycles. The summed E-state index contributed by atoms with van der Waals surface area (Å²) in [4.78, 5) is 27.8. The molecule has 32 heavy (non-hydrogen) atoms. The molecule has 0 fully saturated rings. The summed E-state index contributed by atoms with van der Waals surface area (Å²) < 4.78 is 26.7. The number of fused-ring (bicyclic) bond motifs is 5. The van der Waals surface area contributed by atoms with Crippen LogP contribution in [-0.4, -0.2) is 39.0 Å². The van der Waals surface area contributed by atoms with E-state index in [0.717, 1.165) is 16.8 Å². The molecule has 0 spiro atoms. The first kappa shape index (κ1) is 20.4. The van der Waals surface area contributed by atoms with E-state index in [1.165, 1.54) is 6.20 Å². The molecule has 2 aliphatic rings. The third-order valence-corrected chi connectivity index (χ3v) is 5.64. The van der Waals surface area contributed by atoms with E-state index < -0.39 is 5.82 Å². The van der Waals surface area contributed by atoms with E-state index in [1.54, 1.807) is 6.20 Å². The molecular weight excluding hydrogens is 437 g/mol. The van der Waals surface area contributed by atoms with Crippen LogP contribution in [-0.2, 0) is 30.6 Å². The molecule has 3 aromatic rings. The summed E-state index contributed by atoms with van der Waals surface area (Å²) in [5.74, 6) is 1.34. The number of amides is 1. The second-order valence-electron chi connectivity index (χ2n) is 7.38. The summed E-state index contributed by atoms with van der Waals surface area (Å²) in [6.07, 6.45) is 10.1. The molecule has 1 aliphatic carbocycles. The van der Waals surface area contributed by atoms with Crippen LogP contribution in [0.3, 0.4) is 0 Å². The van der Waals surface area contributed by atoms with Crippen LogP contribution in [0.2, 0.25) is 5.28 Å². The summed E-state index contributed by atoms with van der Waals surface area (Å²) in [5.41, 5.74) is 4.37. The van der Waals surface area contributed by atoms with Crippen molar-refractivity contribution in [1.29, 1.82) is 0 Å². The Hall–Kier alpha value is -3.48. The number of terminal acetylenes is 1. The minimum atomic E-state index is -0.646. The molecule has 162 valence electrons. The van der Waals surface area contributed by atoms with Crippen molar-refractivity contribution in [2.24, 2.45) is 0 Å². The van der Waals surface area contributed by atoms with Crippen LogP contribution >= 0.6 is 11.6 Å². The number of halogens is 2. The van der Waals surface area contributed by atoms with E-state index >= 15 is 4.39 Å². The number of aromatic nitrogens is 4. The molecule has 0 radical (unpaired) electrons. The second kappa shape index (κ2) is 8.22. The fourth-order valence-electron chi connectivity index (χ4n) is 4.08.